The van der Waals surface area contributed by atoms with Crippen LogP contribution >= 0.6 is 0 Å². The summed E-state index contributed by atoms with van der Waals surface area (Å²) in [5.41, 5.74) is 4.38. The van der Waals surface area contributed by atoms with Gasteiger partial charge in [0.25, 0.3) is 0 Å². The molecule has 0 radical (unpaired) electrons. The largest absolute Gasteiger partial charge is 0.294 e. The zero-order valence-electron chi connectivity index (χ0n) is 14.4. The number of rotatable bonds is 5. The molecule has 2 aromatic carbocycles. The molecule has 3 nitrogen and oxygen atoms in total. The van der Waals surface area contributed by atoms with E-state index < -0.39 is 0 Å². The Labute approximate surface area is 143 Å². The molecule has 3 aromatic rings. The third-order valence-corrected chi connectivity index (χ3v) is 3.94. The van der Waals surface area contributed by atoms with Crippen LogP contribution in [-0.4, -0.2) is 15.6 Å². The monoisotopic (exact) mass is 318 g/mol. The minimum Gasteiger partial charge on any atom is -0.294 e. The van der Waals surface area contributed by atoms with Gasteiger partial charge in [-0.25, -0.2) is 0 Å². The third-order valence-electron chi connectivity index (χ3n) is 3.94. The lowest BCUT2D eigenvalue weighted by molar-refractivity contribution is 0.101. The van der Waals surface area contributed by atoms with Crippen molar-refractivity contribution in [3.63, 3.8) is 0 Å². The number of ketones is 1. The predicted molar refractivity (Wildman–Crippen MR) is 97.9 cm³/mol. The zero-order chi connectivity index (χ0) is 17.1. The number of nitrogens with zero attached hydrogens (tertiary/aromatic N) is 2. The van der Waals surface area contributed by atoms with Crippen LogP contribution in [0, 0.1) is 5.92 Å². The average molecular weight is 318 g/mol. The van der Waals surface area contributed by atoms with Gasteiger partial charge in [-0.1, -0.05) is 74.5 Å². The van der Waals surface area contributed by atoms with Crippen molar-refractivity contribution < 1.29 is 4.79 Å². The molecule has 0 atom stereocenters. The Bertz CT molecular complexity index is 833. The van der Waals surface area contributed by atoms with Crippen LogP contribution in [-0.2, 0) is 6.54 Å². The van der Waals surface area contributed by atoms with Gasteiger partial charge in [-0.2, -0.15) is 5.10 Å². The first-order chi connectivity index (χ1) is 11.6. The number of hydrogen-bond donors (Lipinski definition) is 0. The van der Waals surface area contributed by atoms with Gasteiger partial charge in [0, 0.05) is 17.7 Å². The Morgan fingerprint density at radius 2 is 1.50 bits per heavy atom. The molecule has 0 unspecified atom stereocenters. The van der Waals surface area contributed by atoms with Gasteiger partial charge >= 0.3 is 0 Å². The fourth-order valence-corrected chi connectivity index (χ4v) is 2.96. The molecule has 1 aromatic heterocycles. The van der Waals surface area contributed by atoms with Crippen molar-refractivity contribution in [1.82, 2.24) is 9.78 Å². The highest BCUT2D eigenvalue weighted by Gasteiger charge is 2.23. The van der Waals surface area contributed by atoms with Gasteiger partial charge in [0.05, 0.1) is 11.3 Å². The van der Waals surface area contributed by atoms with E-state index in [0.29, 0.717) is 11.5 Å². The maximum atomic E-state index is 12.5. The van der Waals surface area contributed by atoms with Gasteiger partial charge in [0.15, 0.2) is 5.78 Å². The Kier molecular flexibility index (Phi) is 4.61. The fraction of sp³-hybridized carbons (Fsp3) is 0.238. The normalized spacial score (nSPS) is 11.0. The predicted octanol–water partition coefficient (Wildman–Crippen LogP) is 5.08. The molecule has 0 spiro atoms. The number of carbonyl (C=O) groups is 1. The van der Waals surface area contributed by atoms with Crippen LogP contribution in [0.4, 0.5) is 0 Å². The summed E-state index contributed by atoms with van der Waals surface area (Å²) >= 11 is 0. The average Bonchev–Trinajstić information content (AvgIpc) is 2.95. The summed E-state index contributed by atoms with van der Waals surface area (Å²) in [7, 11) is 0. The Hall–Kier alpha value is -2.68. The molecular formula is C21H22N2O. The molecule has 0 saturated carbocycles. The second kappa shape index (κ2) is 6.83. The molecule has 3 heteroatoms. The van der Waals surface area contributed by atoms with Crippen LogP contribution in [0.2, 0.25) is 0 Å². The summed E-state index contributed by atoms with van der Waals surface area (Å²) < 4.78 is 1.99. The Morgan fingerprint density at radius 1 is 0.958 bits per heavy atom. The quantitative estimate of drug-likeness (QED) is 0.615. The summed E-state index contributed by atoms with van der Waals surface area (Å²) in [4.78, 5) is 12.5. The summed E-state index contributed by atoms with van der Waals surface area (Å²) in [6, 6.07) is 20.0. The molecule has 0 amide bonds. The van der Waals surface area contributed by atoms with Crippen molar-refractivity contribution in [1.29, 1.82) is 0 Å². The van der Waals surface area contributed by atoms with Gasteiger partial charge in [-0.3, -0.25) is 9.48 Å². The summed E-state index contributed by atoms with van der Waals surface area (Å²) in [5, 5.41) is 4.81. The molecule has 0 N–H and O–H groups in total. The van der Waals surface area contributed by atoms with E-state index in [2.05, 4.69) is 13.8 Å². The molecular weight excluding hydrogens is 296 g/mol. The molecule has 0 aliphatic rings. The van der Waals surface area contributed by atoms with E-state index in [4.69, 9.17) is 5.10 Å². The minimum atomic E-state index is 0.0442. The highest BCUT2D eigenvalue weighted by molar-refractivity contribution is 6.05. The fourth-order valence-electron chi connectivity index (χ4n) is 2.96. The lowest BCUT2D eigenvalue weighted by Crippen LogP contribution is -2.08. The van der Waals surface area contributed by atoms with Crippen LogP contribution in [0.5, 0.6) is 0 Å². The first-order valence-electron chi connectivity index (χ1n) is 8.30. The van der Waals surface area contributed by atoms with E-state index in [0.717, 1.165) is 29.1 Å². The van der Waals surface area contributed by atoms with Crippen LogP contribution in [0.3, 0.4) is 0 Å². The molecule has 122 valence electrons. The van der Waals surface area contributed by atoms with Crippen LogP contribution in [0.15, 0.2) is 60.7 Å². The van der Waals surface area contributed by atoms with Crippen LogP contribution in [0.25, 0.3) is 22.5 Å². The smallest absolute Gasteiger partial charge is 0.164 e. The molecule has 24 heavy (non-hydrogen) atoms. The SMILES string of the molecule is CC(=O)c1c(-c2ccccc2)nn(CC(C)C)c1-c1ccccc1. The van der Waals surface area contributed by atoms with Crippen molar-refractivity contribution in [3.8, 4) is 22.5 Å². The topological polar surface area (TPSA) is 34.9 Å². The molecule has 0 aliphatic carbocycles. The Morgan fingerprint density at radius 3 is 2.00 bits per heavy atom. The van der Waals surface area contributed by atoms with Gasteiger partial charge in [-0.05, 0) is 12.8 Å². The van der Waals surface area contributed by atoms with Crippen molar-refractivity contribution >= 4 is 5.78 Å². The van der Waals surface area contributed by atoms with E-state index in [1.807, 2.05) is 65.3 Å². The second-order valence-corrected chi connectivity index (χ2v) is 6.44. The van der Waals surface area contributed by atoms with Gasteiger partial charge in [0.2, 0.25) is 0 Å². The number of Topliss-reactive ketones (excluding diaryl/α,β-unsaturated/α-hetero) is 1. The first kappa shape index (κ1) is 16.2. The van der Waals surface area contributed by atoms with Crippen molar-refractivity contribution in [2.24, 2.45) is 5.92 Å². The first-order valence-corrected chi connectivity index (χ1v) is 8.30. The molecule has 0 saturated heterocycles. The lowest BCUT2D eigenvalue weighted by atomic mass is 9.99. The van der Waals surface area contributed by atoms with E-state index >= 15 is 0 Å². The third kappa shape index (κ3) is 3.16. The van der Waals surface area contributed by atoms with Crippen molar-refractivity contribution in [2.75, 3.05) is 0 Å². The summed E-state index contributed by atoms with van der Waals surface area (Å²) in [5.74, 6) is 0.485. The van der Waals surface area contributed by atoms with Crippen LogP contribution in [0.1, 0.15) is 31.1 Å². The molecule has 0 bridgehead atoms. The van der Waals surface area contributed by atoms with Crippen molar-refractivity contribution in [2.45, 2.75) is 27.3 Å². The van der Waals surface area contributed by atoms with E-state index in [1.54, 1.807) is 6.92 Å². The standard InChI is InChI=1S/C21H22N2O/c1-15(2)14-23-21(18-12-8-5-9-13-18)19(16(3)24)20(22-23)17-10-6-4-7-11-17/h4-13,15H,14H2,1-3H3. The molecule has 0 fully saturated rings. The highest BCUT2D eigenvalue weighted by atomic mass is 16.1. The van der Waals surface area contributed by atoms with Gasteiger partial charge in [-0.15, -0.1) is 0 Å². The number of aromatic nitrogens is 2. The number of benzene rings is 2. The van der Waals surface area contributed by atoms with Crippen molar-refractivity contribution in [3.05, 3.63) is 66.2 Å². The maximum Gasteiger partial charge on any atom is 0.164 e. The summed E-state index contributed by atoms with van der Waals surface area (Å²) in [6.45, 7) is 6.71. The zero-order valence-corrected chi connectivity index (χ0v) is 14.4. The van der Waals surface area contributed by atoms with Gasteiger partial charge < -0.3 is 0 Å². The van der Waals surface area contributed by atoms with Crippen LogP contribution < -0.4 is 0 Å². The molecule has 3 rings (SSSR count). The number of carbonyl (C=O) groups excluding carboxylic acids is 1. The van der Waals surface area contributed by atoms with E-state index in [-0.39, 0.29) is 5.78 Å². The minimum absolute atomic E-state index is 0.0442. The highest BCUT2D eigenvalue weighted by Crippen LogP contribution is 2.33. The number of hydrogen-bond acceptors (Lipinski definition) is 2. The lowest BCUT2D eigenvalue weighted by Gasteiger charge is -2.11. The summed E-state index contributed by atoms with van der Waals surface area (Å²) in [6.07, 6.45) is 0. The maximum absolute atomic E-state index is 12.5. The van der Waals surface area contributed by atoms with E-state index in [9.17, 15) is 4.79 Å². The second-order valence-electron chi connectivity index (χ2n) is 6.44. The van der Waals surface area contributed by atoms with Gasteiger partial charge in [0.1, 0.15) is 5.69 Å². The molecule has 0 aliphatic heterocycles. The van der Waals surface area contributed by atoms with E-state index in [1.165, 1.54) is 0 Å². The Balaban J connectivity index is 2.28. The molecule has 1 heterocycles.